The van der Waals surface area contributed by atoms with Crippen LogP contribution in [0, 0.1) is 5.92 Å². The minimum absolute atomic E-state index is 0.576. The highest BCUT2D eigenvalue weighted by atomic mass is 32.2. The molecule has 2 rings (SSSR count). The average Bonchev–Trinajstić information content (AvgIpc) is 3.00. The number of aliphatic imine (C=N–C) groups is 1. The van der Waals surface area contributed by atoms with Gasteiger partial charge in [0.25, 0.3) is 0 Å². The highest BCUT2D eigenvalue weighted by Gasteiger charge is 2.21. The zero-order valence-corrected chi connectivity index (χ0v) is 14.7. The number of hydrogen-bond acceptors (Lipinski definition) is 3. The van der Waals surface area contributed by atoms with Crippen molar-refractivity contribution in [3.8, 4) is 0 Å². The van der Waals surface area contributed by atoms with Gasteiger partial charge in [-0.2, -0.15) is 11.8 Å². The summed E-state index contributed by atoms with van der Waals surface area (Å²) in [7, 11) is 1.87. The Morgan fingerprint density at radius 1 is 1.33 bits per heavy atom. The van der Waals surface area contributed by atoms with Crippen LogP contribution in [0.4, 0.5) is 0 Å². The summed E-state index contributed by atoms with van der Waals surface area (Å²) in [5, 5.41) is 7.74. The van der Waals surface area contributed by atoms with E-state index in [2.05, 4.69) is 46.1 Å². The van der Waals surface area contributed by atoms with Gasteiger partial charge in [0.1, 0.15) is 0 Å². The molecule has 2 saturated heterocycles. The molecular formula is C16H32N4S. The Kier molecular flexibility index (Phi) is 7.17. The van der Waals surface area contributed by atoms with Crippen LogP contribution in [-0.2, 0) is 0 Å². The molecule has 2 aliphatic rings. The summed E-state index contributed by atoms with van der Waals surface area (Å²) < 4.78 is 0. The van der Waals surface area contributed by atoms with Crippen LogP contribution in [-0.4, -0.2) is 61.1 Å². The normalized spacial score (nSPS) is 29.4. The Bertz CT molecular complexity index is 328. The Morgan fingerprint density at radius 2 is 2.19 bits per heavy atom. The number of rotatable bonds is 5. The Balaban J connectivity index is 1.66. The molecular weight excluding hydrogens is 280 g/mol. The first kappa shape index (κ1) is 16.9. The highest BCUT2D eigenvalue weighted by Crippen LogP contribution is 2.25. The molecule has 2 aliphatic heterocycles. The molecule has 0 aromatic carbocycles. The summed E-state index contributed by atoms with van der Waals surface area (Å²) >= 11 is 2.09. The number of guanidine groups is 1. The van der Waals surface area contributed by atoms with E-state index in [-0.39, 0.29) is 0 Å². The maximum Gasteiger partial charge on any atom is 0.191 e. The predicted octanol–water partition coefficient (Wildman–Crippen LogP) is 2.17. The van der Waals surface area contributed by atoms with Gasteiger partial charge in [-0.3, -0.25) is 9.89 Å². The number of nitrogens with one attached hydrogen (secondary N) is 2. The van der Waals surface area contributed by atoms with Crippen molar-refractivity contribution in [1.29, 1.82) is 0 Å². The van der Waals surface area contributed by atoms with Gasteiger partial charge in [-0.25, -0.2) is 0 Å². The van der Waals surface area contributed by atoms with Gasteiger partial charge in [-0.15, -0.1) is 0 Å². The molecule has 0 amide bonds. The van der Waals surface area contributed by atoms with Gasteiger partial charge in [0.2, 0.25) is 0 Å². The summed E-state index contributed by atoms with van der Waals surface area (Å²) in [6, 6.07) is 0.576. The van der Waals surface area contributed by atoms with Gasteiger partial charge >= 0.3 is 0 Å². The summed E-state index contributed by atoms with van der Waals surface area (Å²) in [4.78, 5) is 6.96. The second kappa shape index (κ2) is 8.89. The molecule has 2 fully saturated rings. The molecule has 2 heterocycles. The van der Waals surface area contributed by atoms with E-state index in [9.17, 15) is 0 Å². The first-order valence-electron chi connectivity index (χ1n) is 8.49. The highest BCUT2D eigenvalue weighted by molar-refractivity contribution is 8.00. The molecule has 0 radical (unpaired) electrons. The predicted molar refractivity (Wildman–Crippen MR) is 94.3 cm³/mol. The molecule has 0 bridgehead atoms. The lowest BCUT2D eigenvalue weighted by atomic mass is 9.99. The Labute approximate surface area is 134 Å². The first-order chi connectivity index (χ1) is 10.2. The molecule has 0 spiro atoms. The molecule has 0 aliphatic carbocycles. The van der Waals surface area contributed by atoms with Gasteiger partial charge in [0.05, 0.1) is 0 Å². The van der Waals surface area contributed by atoms with Gasteiger partial charge in [-0.1, -0.05) is 6.92 Å². The van der Waals surface area contributed by atoms with E-state index in [1.54, 1.807) is 0 Å². The summed E-state index contributed by atoms with van der Waals surface area (Å²) in [6.45, 7) is 9.20. The molecule has 0 aromatic heterocycles. The lowest BCUT2D eigenvalue weighted by Gasteiger charge is -2.35. The van der Waals surface area contributed by atoms with E-state index in [4.69, 9.17) is 0 Å². The molecule has 122 valence electrons. The first-order valence-corrected chi connectivity index (χ1v) is 9.54. The van der Waals surface area contributed by atoms with Crippen LogP contribution in [0.5, 0.6) is 0 Å². The number of hydrogen-bond donors (Lipinski definition) is 2. The second-order valence-corrected chi connectivity index (χ2v) is 7.97. The second-order valence-electron chi connectivity index (χ2n) is 6.56. The third-order valence-electron chi connectivity index (χ3n) is 4.62. The van der Waals surface area contributed by atoms with E-state index in [0.29, 0.717) is 6.04 Å². The topological polar surface area (TPSA) is 39.7 Å². The van der Waals surface area contributed by atoms with Crippen molar-refractivity contribution in [2.24, 2.45) is 10.9 Å². The zero-order chi connectivity index (χ0) is 15.1. The van der Waals surface area contributed by atoms with Crippen molar-refractivity contribution in [2.45, 2.75) is 50.8 Å². The minimum Gasteiger partial charge on any atom is -0.355 e. The largest absolute Gasteiger partial charge is 0.355 e. The van der Waals surface area contributed by atoms with Gasteiger partial charge in [0, 0.05) is 38.0 Å². The summed E-state index contributed by atoms with van der Waals surface area (Å²) in [5.74, 6) is 3.13. The smallest absolute Gasteiger partial charge is 0.191 e. The van der Waals surface area contributed by atoms with Crippen LogP contribution >= 0.6 is 11.8 Å². The fraction of sp³-hybridized carbons (Fsp3) is 0.938. The van der Waals surface area contributed by atoms with Crippen LogP contribution in [0.15, 0.2) is 4.99 Å². The van der Waals surface area contributed by atoms with Crippen molar-refractivity contribution < 1.29 is 0 Å². The van der Waals surface area contributed by atoms with Crippen LogP contribution in [0.1, 0.15) is 39.5 Å². The lowest BCUT2D eigenvalue weighted by Crippen LogP contribution is -2.49. The summed E-state index contributed by atoms with van der Waals surface area (Å²) in [5.41, 5.74) is 0. The number of piperidine rings is 1. The monoisotopic (exact) mass is 312 g/mol. The Morgan fingerprint density at radius 3 is 2.86 bits per heavy atom. The third-order valence-corrected chi connectivity index (χ3v) is 6.02. The van der Waals surface area contributed by atoms with Crippen molar-refractivity contribution in [2.75, 3.05) is 39.0 Å². The van der Waals surface area contributed by atoms with Crippen LogP contribution in [0.2, 0.25) is 0 Å². The van der Waals surface area contributed by atoms with Crippen LogP contribution in [0.3, 0.4) is 0 Å². The maximum atomic E-state index is 4.35. The number of nitrogens with zero attached hydrogens (tertiary/aromatic N) is 2. The molecule has 3 atom stereocenters. The fourth-order valence-electron chi connectivity index (χ4n) is 3.24. The minimum atomic E-state index is 0.576. The zero-order valence-electron chi connectivity index (χ0n) is 13.9. The molecule has 0 saturated carbocycles. The number of thioether (sulfide) groups is 1. The van der Waals surface area contributed by atoms with Crippen LogP contribution in [0.25, 0.3) is 0 Å². The van der Waals surface area contributed by atoms with Crippen molar-refractivity contribution in [1.82, 2.24) is 15.5 Å². The summed E-state index contributed by atoms with van der Waals surface area (Å²) in [6.07, 6.45) is 5.44. The standard InChI is InChI=1S/C16H32N4S/c1-13-6-4-8-20(12-13)14(2)10-18-16(17-3)19-11-15-7-5-9-21-15/h13-15H,4-12H2,1-3H3,(H2,17,18,19). The van der Waals surface area contributed by atoms with E-state index in [1.807, 2.05) is 7.05 Å². The van der Waals surface area contributed by atoms with Gasteiger partial charge < -0.3 is 10.6 Å². The van der Waals surface area contributed by atoms with Crippen molar-refractivity contribution in [3.05, 3.63) is 0 Å². The molecule has 21 heavy (non-hydrogen) atoms. The van der Waals surface area contributed by atoms with Crippen LogP contribution < -0.4 is 10.6 Å². The molecule has 5 heteroatoms. The molecule has 3 unspecified atom stereocenters. The third kappa shape index (κ3) is 5.70. The SMILES string of the molecule is CN=C(NCC1CCCS1)NCC(C)N1CCCC(C)C1. The van der Waals surface area contributed by atoms with E-state index >= 15 is 0 Å². The van der Waals surface area contributed by atoms with E-state index in [0.717, 1.165) is 30.2 Å². The lowest BCUT2D eigenvalue weighted by molar-refractivity contribution is 0.139. The molecule has 2 N–H and O–H groups in total. The van der Waals surface area contributed by atoms with Crippen molar-refractivity contribution in [3.63, 3.8) is 0 Å². The van der Waals surface area contributed by atoms with E-state index in [1.165, 1.54) is 44.5 Å². The number of likely N-dealkylation sites (tertiary alicyclic amines) is 1. The van der Waals surface area contributed by atoms with Gasteiger partial charge in [0.15, 0.2) is 5.96 Å². The van der Waals surface area contributed by atoms with Gasteiger partial charge in [-0.05, 0) is 50.8 Å². The fourth-order valence-corrected chi connectivity index (χ4v) is 4.44. The maximum absolute atomic E-state index is 4.35. The quantitative estimate of drug-likeness (QED) is 0.603. The van der Waals surface area contributed by atoms with Crippen molar-refractivity contribution >= 4 is 17.7 Å². The Hall–Kier alpha value is -0.420. The average molecular weight is 313 g/mol. The molecule has 0 aromatic rings. The molecule has 4 nitrogen and oxygen atoms in total. The van der Waals surface area contributed by atoms with E-state index < -0.39 is 0 Å².